The largest absolute Gasteiger partial charge is 0.271 e. The highest BCUT2D eigenvalue weighted by Crippen LogP contribution is 2.19. The van der Waals surface area contributed by atoms with Crippen molar-refractivity contribution < 1.29 is 4.79 Å². The second-order valence-corrected chi connectivity index (χ2v) is 6.99. The Hall–Kier alpha value is -4.24. The number of benzene rings is 4. The molecule has 0 aliphatic heterocycles. The first-order valence-corrected chi connectivity index (χ1v) is 10.1. The molecule has 1 N–H and O–H groups in total. The van der Waals surface area contributed by atoms with Gasteiger partial charge in [0.25, 0.3) is 5.91 Å². The summed E-state index contributed by atoms with van der Waals surface area (Å²) in [6.07, 6.45) is 3.89. The van der Waals surface area contributed by atoms with Crippen molar-refractivity contribution in [1.29, 1.82) is 0 Å². The molecule has 0 atom stereocenters. The second kappa shape index (κ2) is 9.99. The van der Waals surface area contributed by atoms with Gasteiger partial charge >= 0.3 is 0 Å². The smallest absolute Gasteiger partial charge is 0.267 e. The van der Waals surface area contributed by atoms with E-state index in [2.05, 4.69) is 10.5 Å². The number of rotatable bonds is 6. The average Bonchev–Trinajstić information content (AvgIpc) is 2.86. The van der Waals surface area contributed by atoms with Gasteiger partial charge in [0.1, 0.15) is 0 Å². The van der Waals surface area contributed by atoms with Crippen molar-refractivity contribution in [3.05, 3.63) is 138 Å². The molecule has 0 radical (unpaired) electrons. The van der Waals surface area contributed by atoms with Crippen LogP contribution in [0.4, 0.5) is 0 Å². The van der Waals surface area contributed by atoms with Gasteiger partial charge in [-0.05, 0) is 34.9 Å². The van der Waals surface area contributed by atoms with Gasteiger partial charge in [-0.3, -0.25) is 4.79 Å². The number of amides is 1. The lowest BCUT2D eigenvalue weighted by molar-refractivity contribution is 0.0955. The fraction of sp³-hybridized carbons (Fsp3) is 0. The summed E-state index contributed by atoms with van der Waals surface area (Å²) in [4.78, 5) is 12.7. The van der Waals surface area contributed by atoms with E-state index >= 15 is 0 Å². The predicted molar refractivity (Wildman–Crippen MR) is 128 cm³/mol. The highest BCUT2D eigenvalue weighted by atomic mass is 16.2. The topological polar surface area (TPSA) is 41.5 Å². The number of nitrogens with one attached hydrogen (secondary N) is 1. The lowest BCUT2D eigenvalue weighted by atomic mass is 10.0. The van der Waals surface area contributed by atoms with E-state index in [1.807, 2.05) is 127 Å². The van der Waals surface area contributed by atoms with Crippen LogP contribution in [-0.2, 0) is 0 Å². The van der Waals surface area contributed by atoms with Crippen LogP contribution >= 0.6 is 0 Å². The van der Waals surface area contributed by atoms with Crippen LogP contribution in [0.5, 0.6) is 0 Å². The predicted octanol–water partition coefficient (Wildman–Crippen LogP) is 6.20. The van der Waals surface area contributed by atoms with E-state index in [1.54, 1.807) is 0 Å². The minimum atomic E-state index is -0.249. The van der Waals surface area contributed by atoms with Crippen LogP contribution in [0.3, 0.4) is 0 Å². The van der Waals surface area contributed by atoms with Gasteiger partial charge in [0.2, 0.25) is 0 Å². The molecule has 4 rings (SSSR count). The minimum absolute atomic E-state index is 0.249. The summed E-state index contributed by atoms with van der Waals surface area (Å²) in [5, 5.41) is 4.40. The molecule has 0 unspecified atom stereocenters. The van der Waals surface area contributed by atoms with Gasteiger partial charge in [-0.25, -0.2) is 5.43 Å². The normalized spacial score (nSPS) is 11.4. The fourth-order valence-electron chi connectivity index (χ4n) is 3.17. The molecule has 0 fully saturated rings. The van der Waals surface area contributed by atoms with Crippen molar-refractivity contribution in [2.45, 2.75) is 0 Å². The van der Waals surface area contributed by atoms with Gasteiger partial charge in [0, 0.05) is 11.1 Å². The number of hydrogen-bond donors (Lipinski definition) is 1. The van der Waals surface area contributed by atoms with E-state index < -0.39 is 0 Å². The SMILES string of the molecule is O=C(NN=C(/C=C\c1ccccc1)c1ccccc1)c1ccc(-c2ccccc2)cc1. The number of nitrogens with zero attached hydrogens (tertiary/aromatic N) is 1. The van der Waals surface area contributed by atoms with E-state index in [0.717, 1.165) is 22.3 Å². The maximum absolute atomic E-state index is 12.7. The molecule has 3 heteroatoms. The third kappa shape index (κ3) is 5.43. The van der Waals surface area contributed by atoms with Gasteiger partial charge in [0.15, 0.2) is 0 Å². The first-order chi connectivity index (χ1) is 15.3. The zero-order valence-electron chi connectivity index (χ0n) is 17.0. The van der Waals surface area contributed by atoms with E-state index in [4.69, 9.17) is 0 Å². The molecule has 0 saturated heterocycles. The Bertz CT molecular complexity index is 1180. The van der Waals surface area contributed by atoms with Crippen LogP contribution < -0.4 is 5.43 Å². The number of allylic oxidation sites excluding steroid dienone is 1. The summed E-state index contributed by atoms with van der Waals surface area (Å²) in [6, 6.07) is 37.4. The van der Waals surface area contributed by atoms with Crippen LogP contribution in [0.25, 0.3) is 17.2 Å². The first-order valence-electron chi connectivity index (χ1n) is 10.1. The Morgan fingerprint density at radius 3 is 1.81 bits per heavy atom. The summed E-state index contributed by atoms with van der Waals surface area (Å²) in [5.74, 6) is -0.249. The molecule has 0 spiro atoms. The van der Waals surface area contributed by atoms with E-state index in [-0.39, 0.29) is 5.91 Å². The Balaban J connectivity index is 1.53. The summed E-state index contributed by atoms with van der Waals surface area (Å²) in [7, 11) is 0. The molecule has 1 amide bonds. The van der Waals surface area contributed by atoms with Crippen molar-refractivity contribution >= 4 is 17.7 Å². The molecule has 4 aromatic rings. The average molecular weight is 402 g/mol. The molecule has 150 valence electrons. The van der Waals surface area contributed by atoms with Gasteiger partial charge in [-0.1, -0.05) is 109 Å². The van der Waals surface area contributed by atoms with Crippen LogP contribution in [0.1, 0.15) is 21.5 Å². The molecule has 0 aliphatic rings. The fourth-order valence-corrected chi connectivity index (χ4v) is 3.17. The Morgan fingerprint density at radius 1 is 0.613 bits per heavy atom. The molecule has 0 heterocycles. The van der Waals surface area contributed by atoms with Crippen LogP contribution in [0.15, 0.2) is 126 Å². The summed E-state index contributed by atoms with van der Waals surface area (Å²) in [5.41, 5.74) is 8.10. The molecule has 0 aromatic heterocycles. The van der Waals surface area contributed by atoms with Crippen LogP contribution in [0.2, 0.25) is 0 Å². The quantitative estimate of drug-likeness (QED) is 0.303. The molecule has 3 nitrogen and oxygen atoms in total. The second-order valence-electron chi connectivity index (χ2n) is 6.99. The first kappa shape index (κ1) is 20.0. The maximum atomic E-state index is 12.7. The summed E-state index contributed by atoms with van der Waals surface area (Å²) in [6.45, 7) is 0. The van der Waals surface area contributed by atoms with E-state index in [1.165, 1.54) is 0 Å². The minimum Gasteiger partial charge on any atom is -0.267 e. The van der Waals surface area contributed by atoms with Crippen molar-refractivity contribution in [3.63, 3.8) is 0 Å². The number of carbonyl (C=O) groups excluding carboxylic acids is 1. The van der Waals surface area contributed by atoms with Crippen molar-refractivity contribution in [1.82, 2.24) is 5.43 Å². The van der Waals surface area contributed by atoms with E-state index in [0.29, 0.717) is 11.3 Å². The molecule has 0 bridgehead atoms. The standard InChI is InChI=1S/C28H22N2O/c31-28(26-19-17-24(18-20-26)23-12-6-2-7-13-23)30-29-27(25-14-8-3-9-15-25)21-16-22-10-4-1-5-11-22/h1-21H,(H,30,31)/b21-16-,29-27?. The molecule has 0 aliphatic carbocycles. The van der Waals surface area contributed by atoms with Gasteiger partial charge < -0.3 is 0 Å². The van der Waals surface area contributed by atoms with Gasteiger partial charge in [-0.2, -0.15) is 5.10 Å². The van der Waals surface area contributed by atoms with E-state index in [9.17, 15) is 4.79 Å². The van der Waals surface area contributed by atoms with Crippen molar-refractivity contribution in [2.75, 3.05) is 0 Å². The lowest BCUT2D eigenvalue weighted by Crippen LogP contribution is -2.19. The molecular weight excluding hydrogens is 380 g/mol. The zero-order valence-corrected chi connectivity index (χ0v) is 17.0. The number of hydrazone groups is 1. The third-order valence-corrected chi connectivity index (χ3v) is 4.83. The highest BCUT2D eigenvalue weighted by molar-refractivity contribution is 6.11. The van der Waals surface area contributed by atoms with Gasteiger partial charge in [0.05, 0.1) is 5.71 Å². The molecule has 31 heavy (non-hydrogen) atoms. The lowest BCUT2D eigenvalue weighted by Gasteiger charge is -2.06. The van der Waals surface area contributed by atoms with Crippen LogP contribution in [0, 0.1) is 0 Å². The summed E-state index contributed by atoms with van der Waals surface area (Å²) < 4.78 is 0. The molecule has 4 aromatic carbocycles. The summed E-state index contributed by atoms with van der Waals surface area (Å²) >= 11 is 0. The van der Waals surface area contributed by atoms with Crippen LogP contribution in [-0.4, -0.2) is 11.6 Å². The number of carbonyl (C=O) groups is 1. The number of hydrogen-bond acceptors (Lipinski definition) is 2. The molecule has 0 saturated carbocycles. The Labute approximate surface area is 182 Å². The monoisotopic (exact) mass is 402 g/mol. The third-order valence-electron chi connectivity index (χ3n) is 4.83. The van der Waals surface area contributed by atoms with Crippen molar-refractivity contribution in [2.24, 2.45) is 5.10 Å². The molecular formula is C28H22N2O. The Kier molecular flexibility index (Phi) is 6.46. The maximum Gasteiger partial charge on any atom is 0.271 e. The zero-order chi connectivity index (χ0) is 21.3. The Morgan fingerprint density at radius 2 is 1.16 bits per heavy atom. The highest BCUT2D eigenvalue weighted by Gasteiger charge is 2.06. The van der Waals surface area contributed by atoms with Crippen molar-refractivity contribution in [3.8, 4) is 11.1 Å². The van der Waals surface area contributed by atoms with Gasteiger partial charge in [-0.15, -0.1) is 0 Å².